The highest BCUT2D eigenvalue weighted by molar-refractivity contribution is 5.84. The molecule has 0 radical (unpaired) electrons. The summed E-state index contributed by atoms with van der Waals surface area (Å²) < 4.78 is 7.21. The zero-order valence-corrected chi connectivity index (χ0v) is 12.2. The number of imidazole rings is 1. The van der Waals surface area contributed by atoms with Gasteiger partial charge in [-0.15, -0.1) is 0 Å². The van der Waals surface area contributed by atoms with Gasteiger partial charge in [-0.1, -0.05) is 0 Å². The number of carbonyl (C=O) groups is 2. The van der Waals surface area contributed by atoms with Gasteiger partial charge >= 0.3 is 12.0 Å². The summed E-state index contributed by atoms with van der Waals surface area (Å²) in [5, 5.41) is 11.6. The third-order valence-corrected chi connectivity index (χ3v) is 3.21. The van der Waals surface area contributed by atoms with Crippen molar-refractivity contribution in [1.29, 1.82) is 0 Å². The van der Waals surface area contributed by atoms with Crippen molar-refractivity contribution in [2.75, 3.05) is 19.6 Å². The highest BCUT2D eigenvalue weighted by atomic mass is 16.5. The number of amides is 2. The molecule has 0 aliphatic carbocycles. The summed E-state index contributed by atoms with van der Waals surface area (Å²) in [6, 6.07) is -0.129. The average molecular weight is 296 g/mol. The predicted octanol–water partition coefficient (Wildman–Crippen LogP) is 0.400. The molecule has 0 saturated carbocycles. The molecule has 0 spiro atoms. The number of urea groups is 1. The maximum absolute atomic E-state index is 12.0. The van der Waals surface area contributed by atoms with E-state index in [9.17, 15) is 9.59 Å². The number of hydrogen-bond acceptors (Lipinski definition) is 4. The van der Waals surface area contributed by atoms with E-state index in [1.165, 1.54) is 12.5 Å². The fourth-order valence-corrected chi connectivity index (χ4v) is 2.34. The molecule has 8 heteroatoms. The summed E-state index contributed by atoms with van der Waals surface area (Å²) in [5.74, 6) is -1.06. The number of carboxylic acids is 1. The molecule has 0 bridgehead atoms. The van der Waals surface area contributed by atoms with Crippen LogP contribution >= 0.6 is 0 Å². The smallest absolute Gasteiger partial charge is 0.356 e. The summed E-state index contributed by atoms with van der Waals surface area (Å²) in [6.45, 7) is 5.91. The Balaban J connectivity index is 1.77. The van der Waals surface area contributed by atoms with E-state index in [1.807, 2.05) is 13.8 Å². The van der Waals surface area contributed by atoms with Gasteiger partial charge in [-0.25, -0.2) is 14.6 Å². The number of carboxylic acid groups (broad SMARTS) is 1. The molecule has 2 atom stereocenters. The highest BCUT2D eigenvalue weighted by Crippen LogP contribution is 2.10. The first-order valence-corrected chi connectivity index (χ1v) is 6.89. The molecule has 1 fully saturated rings. The number of aromatic carboxylic acids is 1. The maximum Gasteiger partial charge on any atom is 0.356 e. The lowest BCUT2D eigenvalue weighted by atomic mass is 10.2. The molecule has 1 aromatic heterocycles. The Labute approximate surface area is 122 Å². The minimum Gasteiger partial charge on any atom is -0.476 e. The second-order valence-electron chi connectivity index (χ2n) is 5.20. The topological polar surface area (TPSA) is 96.7 Å². The normalized spacial score (nSPS) is 22.1. The zero-order chi connectivity index (χ0) is 15.4. The minimum atomic E-state index is -1.06. The minimum absolute atomic E-state index is 0.00263. The van der Waals surface area contributed by atoms with Crippen LogP contribution in [0.3, 0.4) is 0 Å². The van der Waals surface area contributed by atoms with Gasteiger partial charge in [0.05, 0.1) is 18.5 Å². The predicted molar refractivity (Wildman–Crippen MR) is 74.2 cm³/mol. The number of morpholine rings is 1. The first-order chi connectivity index (χ1) is 9.95. The molecule has 1 saturated heterocycles. The Kier molecular flexibility index (Phi) is 4.79. The van der Waals surface area contributed by atoms with Crippen molar-refractivity contribution in [2.24, 2.45) is 0 Å². The summed E-state index contributed by atoms with van der Waals surface area (Å²) in [6.07, 6.45) is 2.94. The van der Waals surface area contributed by atoms with Crippen LogP contribution in [0.1, 0.15) is 24.3 Å². The van der Waals surface area contributed by atoms with Gasteiger partial charge in [0.2, 0.25) is 0 Å². The van der Waals surface area contributed by atoms with E-state index in [1.54, 1.807) is 9.47 Å². The van der Waals surface area contributed by atoms with Crippen LogP contribution in [0.5, 0.6) is 0 Å². The molecule has 2 amide bonds. The lowest BCUT2D eigenvalue weighted by Crippen LogP contribution is -2.52. The number of aromatic nitrogens is 2. The highest BCUT2D eigenvalue weighted by Gasteiger charge is 2.25. The Morgan fingerprint density at radius 2 is 2.10 bits per heavy atom. The molecule has 2 heterocycles. The molecule has 0 aromatic carbocycles. The van der Waals surface area contributed by atoms with Crippen molar-refractivity contribution < 1.29 is 19.4 Å². The van der Waals surface area contributed by atoms with Crippen molar-refractivity contribution in [2.45, 2.75) is 32.6 Å². The van der Waals surface area contributed by atoms with Gasteiger partial charge in [0, 0.05) is 32.4 Å². The summed E-state index contributed by atoms with van der Waals surface area (Å²) in [5.41, 5.74) is -0.00263. The fraction of sp³-hybridized carbons (Fsp3) is 0.615. The summed E-state index contributed by atoms with van der Waals surface area (Å²) >= 11 is 0. The lowest BCUT2D eigenvalue weighted by Gasteiger charge is -2.35. The molecule has 116 valence electrons. The molecule has 2 unspecified atom stereocenters. The van der Waals surface area contributed by atoms with Crippen molar-refractivity contribution in [3.8, 4) is 0 Å². The monoisotopic (exact) mass is 296 g/mol. The van der Waals surface area contributed by atoms with E-state index >= 15 is 0 Å². The maximum atomic E-state index is 12.0. The molecule has 21 heavy (non-hydrogen) atoms. The Hall–Kier alpha value is -2.09. The number of carbonyl (C=O) groups excluding carboxylic acids is 1. The third-order valence-electron chi connectivity index (χ3n) is 3.21. The van der Waals surface area contributed by atoms with Gasteiger partial charge < -0.3 is 24.6 Å². The first kappa shape index (κ1) is 15.3. The molecule has 1 aliphatic heterocycles. The van der Waals surface area contributed by atoms with Crippen molar-refractivity contribution in [3.05, 3.63) is 18.2 Å². The van der Waals surface area contributed by atoms with Crippen LogP contribution in [0.2, 0.25) is 0 Å². The molecular formula is C13H20N4O4. The van der Waals surface area contributed by atoms with Crippen LogP contribution in [0.25, 0.3) is 0 Å². The van der Waals surface area contributed by atoms with Crippen LogP contribution in [0, 0.1) is 0 Å². The SMILES string of the molecule is CC1CN(C(=O)NCCn2cnc(C(=O)O)c2)CC(C)O1. The van der Waals surface area contributed by atoms with E-state index in [4.69, 9.17) is 9.84 Å². The van der Waals surface area contributed by atoms with Gasteiger partial charge in [0.1, 0.15) is 0 Å². The molecule has 1 aliphatic rings. The standard InChI is InChI=1S/C13H20N4O4/c1-9-5-17(6-10(2)21-9)13(20)14-3-4-16-7-11(12(18)19)15-8-16/h7-10H,3-6H2,1-2H3,(H,14,20)(H,18,19). The van der Waals surface area contributed by atoms with Gasteiger partial charge in [0.15, 0.2) is 5.69 Å². The second-order valence-corrected chi connectivity index (χ2v) is 5.20. The number of nitrogens with one attached hydrogen (secondary N) is 1. The van der Waals surface area contributed by atoms with E-state index in [2.05, 4.69) is 10.3 Å². The zero-order valence-electron chi connectivity index (χ0n) is 12.2. The van der Waals surface area contributed by atoms with Crippen LogP contribution < -0.4 is 5.32 Å². The van der Waals surface area contributed by atoms with Crippen molar-refractivity contribution >= 4 is 12.0 Å². The number of ether oxygens (including phenoxy) is 1. The Bertz CT molecular complexity index is 506. The summed E-state index contributed by atoms with van der Waals surface area (Å²) in [4.78, 5) is 28.2. The van der Waals surface area contributed by atoms with Crippen molar-refractivity contribution in [1.82, 2.24) is 19.8 Å². The Morgan fingerprint density at radius 1 is 1.43 bits per heavy atom. The quantitative estimate of drug-likeness (QED) is 0.838. The molecule has 1 aromatic rings. The average Bonchev–Trinajstić information content (AvgIpc) is 2.86. The van der Waals surface area contributed by atoms with E-state index in [0.29, 0.717) is 26.2 Å². The second kappa shape index (κ2) is 6.57. The first-order valence-electron chi connectivity index (χ1n) is 6.89. The number of rotatable bonds is 4. The van der Waals surface area contributed by atoms with Gasteiger partial charge in [0.25, 0.3) is 0 Å². The van der Waals surface area contributed by atoms with Crippen LogP contribution in [-0.2, 0) is 11.3 Å². The summed E-state index contributed by atoms with van der Waals surface area (Å²) in [7, 11) is 0. The number of nitrogens with zero attached hydrogens (tertiary/aromatic N) is 3. The molecule has 8 nitrogen and oxygen atoms in total. The Morgan fingerprint density at radius 3 is 2.67 bits per heavy atom. The van der Waals surface area contributed by atoms with Gasteiger partial charge in [-0.05, 0) is 13.8 Å². The van der Waals surface area contributed by atoms with Gasteiger partial charge in [-0.3, -0.25) is 0 Å². The third kappa shape index (κ3) is 4.19. The van der Waals surface area contributed by atoms with Crippen LogP contribution in [-0.4, -0.2) is 63.4 Å². The largest absolute Gasteiger partial charge is 0.476 e. The van der Waals surface area contributed by atoms with Crippen LogP contribution in [0.4, 0.5) is 4.79 Å². The van der Waals surface area contributed by atoms with E-state index < -0.39 is 5.97 Å². The van der Waals surface area contributed by atoms with E-state index in [0.717, 1.165) is 0 Å². The fourth-order valence-electron chi connectivity index (χ4n) is 2.34. The molecule has 2 N–H and O–H groups in total. The molecule has 2 rings (SSSR count). The number of hydrogen-bond donors (Lipinski definition) is 2. The van der Waals surface area contributed by atoms with E-state index in [-0.39, 0.29) is 23.9 Å². The van der Waals surface area contributed by atoms with Gasteiger partial charge in [-0.2, -0.15) is 0 Å². The molecular weight excluding hydrogens is 276 g/mol. The lowest BCUT2D eigenvalue weighted by molar-refractivity contribution is -0.0545. The van der Waals surface area contributed by atoms with Crippen molar-refractivity contribution in [3.63, 3.8) is 0 Å². The van der Waals surface area contributed by atoms with Crippen LogP contribution in [0.15, 0.2) is 12.5 Å².